The van der Waals surface area contributed by atoms with E-state index < -0.39 is 18.9 Å². The van der Waals surface area contributed by atoms with E-state index in [9.17, 15) is 17.6 Å². The molecule has 2 heterocycles. The fourth-order valence-corrected chi connectivity index (χ4v) is 3.05. The number of hydrogen-bond donors (Lipinski definition) is 2. The van der Waals surface area contributed by atoms with Gasteiger partial charge in [0, 0.05) is 12.1 Å². The molecule has 2 fully saturated rings. The van der Waals surface area contributed by atoms with Crippen LogP contribution >= 0.6 is 0 Å². The van der Waals surface area contributed by atoms with Gasteiger partial charge in [-0.25, -0.2) is 8.78 Å². The van der Waals surface area contributed by atoms with Crippen molar-refractivity contribution >= 4 is 0 Å². The van der Waals surface area contributed by atoms with Crippen LogP contribution in [0.5, 0.6) is 0 Å². The summed E-state index contributed by atoms with van der Waals surface area (Å²) >= 11 is 0. The predicted molar refractivity (Wildman–Crippen MR) is 61.1 cm³/mol. The summed E-state index contributed by atoms with van der Waals surface area (Å²) in [7, 11) is 0. The normalized spacial score (nSPS) is 32.2. The van der Waals surface area contributed by atoms with Gasteiger partial charge in [-0.05, 0) is 44.6 Å². The zero-order chi connectivity index (χ0) is 13.2. The average molecular weight is 268 g/mol. The SMILES string of the molecule is FC(F)C(F)(F)CNCCC1CC2CCC(C1)N2. The minimum absolute atomic E-state index is 0.395. The third-order valence-corrected chi connectivity index (χ3v) is 3.98. The van der Waals surface area contributed by atoms with Crippen molar-refractivity contribution in [2.75, 3.05) is 13.1 Å². The molecule has 0 radical (unpaired) electrons. The Morgan fingerprint density at radius 3 is 2.33 bits per heavy atom. The molecule has 0 amide bonds. The van der Waals surface area contributed by atoms with E-state index in [1.807, 2.05) is 0 Å². The molecule has 2 nitrogen and oxygen atoms in total. The highest BCUT2D eigenvalue weighted by Crippen LogP contribution is 2.32. The van der Waals surface area contributed by atoms with Crippen LogP contribution in [0, 0.1) is 5.92 Å². The fourth-order valence-electron chi connectivity index (χ4n) is 3.05. The number of rotatable bonds is 6. The van der Waals surface area contributed by atoms with E-state index >= 15 is 0 Å². The van der Waals surface area contributed by atoms with E-state index in [-0.39, 0.29) is 0 Å². The van der Waals surface area contributed by atoms with Gasteiger partial charge < -0.3 is 10.6 Å². The molecule has 2 aliphatic heterocycles. The molecule has 18 heavy (non-hydrogen) atoms. The Hall–Kier alpha value is -0.360. The van der Waals surface area contributed by atoms with Crippen LogP contribution in [0.1, 0.15) is 32.1 Å². The second-order valence-corrected chi connectivity index (χ2v) is 5.50. The van der Waals surface area contributed by atoms with Gasteiger partial charge in [-0.2, -0.15) is 8.78 Å². The standard InChI is InChI=1S/C12H20F4N2/c13-11(14)12(15,16)7-17-4-3-8-5-9-1-2-10(6-8)18-9/h8-11,17-18H,1-7H2. The number of nitrogens with one attached hydrogen (secondary N) is 2. The average Bonchev–Trinajstić information content (AvgIpc) is 2.64. The van der Waals surface area contributed by atoms with E-state index in [0.717, 1.165) is 19.3 Å². The van der Waals surface area contributed by atoms with Crippen molar-refractivity contribution in [1.82, 2.24) is 10.6 Å². The summed E-state index contributed by atoms with van der Waals surface area (Å²) in [5.74, 6) is -3.37. The molecule has 2 aliphatic rings. The number of hydrogen-bond acceptors (Lipinski definition) is 2. The lowest BCUT2D eigenvalue weighted by Gasteiger charge is -2.29. The zero-order valence-electron chi connectivity index (χ0n) is 10.3. The topological polar surface area (TPSA) is 24.1 Å². The van der Waals surface area contributed by atoms with Crippen LogP contribution in [-0.2, 0) is 0 Å². The highest BCUT2D eigenvalue weighted by molar-refractivity contribution is 4.92. The monoisotopic (exact) mass is 268 g/mol. The summed E-state index contributed by atoms with van der Waals surface area (Å²) in [4.78, 5) is 0. The molecule has 2 atom stereocenters. The Morgan fingerprint density at radius 2 is 1.78 bits per heavy atom. The van der Waals surface area contributed by atoms with Crippen molar-refractivity contribution in [2.45, 2.75) is 56.5 Å². The van der Waals surface area contributed by atoms with Gasteiger partial charge in [-0.3, -0.25) is 0 Å². The van der Waals surface area contributed by atoms with Gasteiger partial charge >= 0.3 is 12.3 Å². The Bertz CT molecular complexity index is 261. The van der Waals surface area contributed by atoms with Crippen LogP contribution in [0.3, 0.4) is 0 Å². The van der Waals surface area contributed by atoms with Gasteiger partial charge in [0.15, 0.2) is 0 Å². The molecule has 2 bridgehead atoms. The molecule has 2 N–H and O–H groups in total. The van der Waals surface area contributed by atoms with Crippen LogP contribution in [0.4, 0.5) is 17.6 Å². The molecule has 0 aromatic rings. The Kier molecular flexibility index (Phi) is 4.48. The molecular weight excluding hydrogens is 248 g/mol. The molecule has 106 valence electrons. The van der Waals surface area contributed by atoms with Crippen molar-refractivity contribution in [3.63, 3.8) is 0 Å². The molecule has 0 spiro atoms. The molecule has 2 unspecified atom stereocenters. The lowest BCUT2D eigenvalue weighted by atomic mass is 9.90. The summed E-state index contributed by atoms with van der Waals surface area (Å²) in [5, 5.41) is 5.96. The van der Waals surface area contributed by atoms with E-state index in [2.05, 4.69) is 10.6 Å². The summed E-state index contributed by atoms with van der Waals surface area (Å²) in [6.45, 7) is -0.533. The fraction of sp³-hybridized carbons (Fsp3) is 1.00. The molecule has 6 heteroatoms. The van der Waals surface area contributed by atoms with Crippen LogP contribution in [0.15, 0.2) is 0 Å². The lowest BCUT2D eigenvalue weighted by molar-refractivity contribution is -0.125. The first-order valence-corrected chi connectivity index (χ1v) is 6.60. The first-order valence-electron chi connectivity index (χ1n) is 6.60. The maximum Gasteiger partial charge on any atom is 0.319 e. The predicted octanol–water partition coefficient (Wildman–Crippen LogP) is 2.40. The minimum Gasteiger partial charge on any atom is -0.311 e. The highest BCUT2D eigenvalue weighted by atomic mass is 19.3. The lowest BCUT2D eigenvalue weighted by Crippen LogP contribution is -2.41. The smallest absolute Gasteiger partial charge is 0.311 e. The minimum atomic E-state index is -3.91. The van der Waals surface area contributed by atoms with Gasteiger partial charge in [-0.1, -0.05) is 0 Å². The maximum atomic E-state index is 12.6. The number of halogens is 4. The van der Waals surface area contributed by atoms with Gasteiger partial charge in [0.25, 0.3) is 0 Å². The third kappa shape index (κ3) is 3.57. The maximum absolute atomic E-state index is 12.6. The van der Waals surface area contributed by atoms with E-state index in [1.165, 1.54) is 12.8 Å². The second-order valence-electron chi connectivity index (χ2n) is 5.50. The first kappa shape index (κ1) is 14.1. The van der Waals surface area contributed by atoms with Gasteiger partial charge in [0.1, 0.15) is 0 Å². The van der Waals surface area contributed by atoms with Crippen molar-refractivity contribution in [3.8, 4) is 0 Å². The number of piperidine rings is 1. The number of fused-ring (bicyclic) bond motifs is 2. The van der Waals surface area contributed by atoms with Crippen molar-refractivity contribution in [1.29, 1.82) is 0 Å². The number of alkyl halides is 4. The first-order chi connectivity index (χ1) is 8.47. The van der Waals surface area contributed by atoms with Crippen LogP contribution in [0.25, 0.3) is 0 Å². The largest absolute Gasteiger partial charge is 0.319 e. The zero-order valence-corrected chi connectivity index (χ0v) is 10.3. The molecular formula is C12H20F4N2. The molecule has 0 aromatic carbocycles. The quantitative estimate of drug-likeness (QED) is 0.571. The second kappa shape index (κ2) is 5.74. The van der Waals surface area contributed by atoms with Gasteiger partial charge in [0.2, 0.25) is 0 Å². The Morgan fingerprint density at radius 1 is 1.17 bits per heavy atom. The Balaban J connectivity index is 1.61. The molecule has 0 saturated carbocycles. The van der Waals surface area contributed by atoms with Gasteiger partial charge in [-0.15, -0.1) is 0 Å². The molecule has 2 saturated heterocycles. The van der Waals surface area contributed by atoms with Crippen LogP contribution in [0.2, 0.25) is 0 Å². The highest BCUT2D eigenvalue weighted by Gasteiger charge is 2.40. The van der Waals surface area contributed by atoms with E-state index in [1.54, 1.807) is 0 Å². The van der Waals surface area contributed by atoms with Crippen molar-refractivity contribution < 1.29 is 17.6 Å². The van der Waals surface area contributed by atoms with Crippen LogP contribution in [-0.4, -0.2) is 37.5 Å². The van der Waals surface area contributed by atoms with E-state index in [0.29, 0.717) is 24.5 Å². The van der Waals surface area contributed by atoms with E-state index in [4.69, 9.17) is 0 Å². The van der Waals surface area contributed by atoms with Crippen LogP contribution < -0.4 is 10.6 Å². The summed E-state index contributed by atoms with van der Waals surface area (Å²) in [6, 6.07) is 1.16. The van der Waals surface area contributed by atoms with Gasteiger partial charge in [0.05, 0.1) is 6.54 Å². The summed E-state index contributed by atoms with van der Waals surface area (Å²) < 4.78 is 49.1. The molecule has 0 aliphatic carbocycles. The van der Waals surface area contributed by atoms with Crippen molar-refractivity contribution in [2.24, 2.45) is 5.92 Å². The molecule has 0 aromatic heterocycles. The molecule has 2 rings (SSSR count). The summed E-state index contributed by atoms with van der Waals surface area (Å²) in [5.41, 5.74) is 0. The third-order valence-electron chi connectivity index (χ3n) is 3.98. The Labute approximate surface area is 105 Å². The summed E-state index contributed by atoms with van der Waals surface area (Å²) in [6.07, 6.45) is 1.80. The van der Waals surface area contributed by atoms with Crippen molar-refractivity contribution in [3.05, 3.63) is 0 Å².